The van der Waals surface area contributed by atoms with Crippen LogP contribution in [-0.4, -0.2) is 49.5 Å². The van der Waals surface area contributed by atoms with Crippen LogP contribution in [0, 0.1) is 0 Å². The Hall–Kier alpha value is -0.760. The molecule has 1 atom stereocenters. The van der Waals surface area contributed by atoms with Gasteiger partial charge in [-0.15, -0.1) is 0 Å². The van der Waals surface area contributed by atoms with Gasteiger partial charge in [-0.1, -0.05) is 0 Å². The summed E-state index contributed by atoms with van der Waals surface area (Å²) in [5.41, 5.74) is 0.475. The Labute approximate surface area is 124 Å². The van der Waals surface area contributed by atoms with Crippen LogP contribution < -0.4 is 4.74 Å². The van der Waals surface area contributed by atoms with Gasteiger partial charge < -0.3 is 9.84 Å². The van der Waals surface area contributed by atoms with Crippen LogP contribution in [0.25, 0.3) is 0 Å². The Kier molecular flexibility index (Phi) is 4.95. The first-order valence-electron chi connectivity index (χ1n) is 6.34. The number of methoxy groups -OCH3 is 1. The number of aliphatic hydroxyl groups excluding tert-OH is 1. The van der Waals surface area contributed by atoms with Crippen molar-refractivity contribution in [3.8, 4) is 5.75 Å². The molecule has 0 saturated carbocycles. The minimum atomic E-state index is -3.53. The van der Waals surface area contributed by atoms with Crippen LogP contribution in [0.4, 0.5) is 0 Å². The minimum Gasteiger partial charge on any atom is -0.496 e. The highest BCUT2D eigenvalue weighted by molar-refractivity contribution is 7.99. The zero-order valence-electron chi connectivity index (χ0n) is 11.6. The number of benzene rings is 1. The maximum Gasteiger partial charge on any atom is 0.243 e. The number of hydrogen-bond acceptors (Lipinski definition) is 5. The summed E-state index contributed by atoms with van der Waals surface area (Å²) < 4.78 is 31.7. The molecule has 112 valence electrons. The lowest BCUT2D eigenvalue weighted by atomic mass is 10.2. The summed E-state index contributed by atoms with van der Waals surface area (Å²) in [5.74, 6) is 2.32. The quantitative estimate of drug-likeness (QED) is 0.887. The molecule has 0 aromatic heterocycles. The SMILES string of the molecule is COc1ccc(S(=O)(=O)N(C)C2CCSC2)cc1CO. The first kappa shape index (κ1) is 15.6. The van der Waals surface area contributed by atoms with Gasteiger partial charge in [-0.05, 0) is 30.4 Å². The van der Waals surface area contributed by atoms with E-state index in [0.29, 0.717) is 11.3 Å². The normalized spacial score (nSPS) is 19.5. The Morgan fingerprint density at radius 1 is 1.50 bits per heavy atom. The molecule has 1 aliphatic heterocycles. The predicted molar refractivity (Wildman–Crippen MR) is 79.6 cm³/mol. The van der Waals surface area contributed by atoms with Crippen molar-refractivity contribution in [2.45, 2.75) is 24.0 Å². The summed E-state index contributed by atoms with van der Waals surface area (Å²) in [6, 6.07) is 4.62. The van der Waals surface area contributed by atoms with Crippen LogP contribution in [0.5, 0.6) is 5.75 Å². The van der Waals surface area contributed by atoms with Gasteiger partial charge in [0, 0.05) is 24.4 Å². The third-order valence-electron chi connectivity index (χ3n) is 3.52. The Bertz CT molecular complexity index is 568. The molecule has 1 heterocycles. The van der Waals surface area contributed by atoms with Crippen molar-refractivity contribution in [2.24, 2.45) is 0 Å². The van der Waals surface area contributed by atoms with Crippen molar-refractivity contribution in [2.75, 3.05) is 25.7 Å². The first-order chi connectivity index (χ1) is 9.50. The fourth-order valence-electron chi connectivity index (χ4n) is 2.21. The molecule has 0 aliphatic carbocycles. The molecule has 0 spiro atoms. The number of rotatable bonds is 5. The predicted octanol–water partition coefficient (Wildman–Crippen LogP) is 1.31. The summed E-state index contributed by atoms with van der Waals surface area (Å²) in [4.78, 5) is 0.196. The van der Waals surface area contributed by atoms with E-state index < -0.39 is 10.0 Å². The average Bonchev–Trinajstić information content (AvgIpc) is 2.99. The van der Waals surface area contributed by atoms with Crippen molar-refractivity contribution in [1.82, 2.24) is 4.31 Å². The van der Waals surface area contributed by atoms with Crippen molar-refractivity contribution in [3.63, 3.8) is 0 Å². The standard InChI is InChI=1S/C13H19NO4S2/c1-14(11-5-6-19-9-11)20(16,17)12-3-4-13(18-2)10(7-12)8-15/h3-4,7,11,15H,5-6,8-9H2,1-2H3. The van der Waals surface area contributed by atoms with E-state index in [4.69, 9.17) is 4.74 Å². The lowest BCUT2D eigenvalue weighted by Crippen LogP contribution is -2.37. The second-order valence-electron chi connectivity index (χ2n) is 4.67. The maximum atomic E-state index is 12.6. The second kappa shape index (κ2) is 6.34. The third-order valence-corrected chi connectivity index (χ3v) is 6.57. The zero-order valence-corrected chi connectivity index (χ0v) is 13.2. The molecular weight excluding hydrogens is 298 g/mol. The smallest absolute Gasteiger partial charge is 0.243 e. The van der Waals surface area contributed by atoms with Gasteiger partial charge >= 0.3 is 0 Å². The van der Waals surface area contributed by atoms with E-state index in [1.54, 1.807) is 24.9 Å². The van der Waals surface area contributed by atoms with Crippen LogP contribution >= 0.6 is 11.8 Å². The van der Waals surface area contributed by atoms with Crippen molar-refractivity contribution < 1.29 is 18.3 Å². The van der Waals surface area contributed by atoms with E-state index in [1.165, 1.54) is 23.5 Å². The zero-order chi connectivity index (χ0) is 14.8. The highest BCUT2D eigenvalue weighted by Crippen LogP contribution is 2.28. The molecule has 1 fully saturated rings. The molecule has 0 bridgehead atoms. The molecule has 1 saturated heterocycles. The highest BCUT2D eigenvalue weighted by Gasteiger charge is 2.30. The molecule has 1 N–H and O–H groups in total. The van der Waals surface area contributed by atoms with Crippen molar-refractivity contribution in [1.29, 1.82) is 0 Å². The van der Waals surface area contributed by atoms with E-state index in [9.17, 15) is 13.5 Å². The molecular formula is C13H19NO4S2. The molecule has 1 aliphatic rings. The molecule has 1 aromatic carbocycles. The van der Waals surface area contributed by atoms with Gasteiger partial charge in [0.25, 0.3) is 0 Å². The Morgan fingerprint density at radius 3 is 2.80 bits per heavy atom. The van der Waals surface area contributed by atoms with E-state index in [0.717, 1.165) is 17.9 Å². The molecule has 20 heavy (non-hydrogen) atoms. The molecule has 1 unspecified atom stereocenters. The van der Waals surface area contributed by atoms with E-state index in [1.807, 2.05) is 0 Å². The summed E-state index contributed by atoms with van der Waals surface area (Å²) in [7, 11) is -0.416. The van der Waals surface area contributed by atoms with Gasteiger partial charge in [-0.2, -0.15) is 16.1 Å². The highest BCUT2D eigenvalue weighted by atomic mass is 32.2. The fraction of sp³-hybridized carbons (Fsp3) is 0.538. The van der Waals surface area contributed by atoms with Crippen LogP contribution in [-0.2, 0) is 16.6 Å². The summed E-state index contributed by atoms with van der Waals surface area (Å²) in [5, 5.41) is 9.30. The largest absolute Gasteiger partial charge is 0.496 e. The molecule has 1 aromatic rings. The average molecular weight is 317 g/mol. The molecule has 7 heteroatoms. The van der Waals surface area contributed by atoms with Crippen LogP contribution in [0.2, 0.25) is 0 Å². The summed E-state index contributed by atoms with van der Waals surface area (Å²) >= 11 is 1.77. The number of sulfonamides is 1. The van der Waals surface area contributed by atoms with Crippen molar-refractivity contribution in [3.05, 3.63) is 23.8 Å². The summed E-state index contributed by atoms with van der Waals surface area (Å²) in [6.07, 6.45) is 0.878. The van der Waals surface area contributed by atoms with Crippen LogP contribution in [0.3, 0.4) is 0 Å². The minimum absolute atomic E-state index is 0.0460. The van der Waals surface area contributed by atoms with Gasteiger partial charge in [-0.25, -0.2) is 8.42 Å². The fourth-order valence-corrected chi connectivity index (χ4v) is 5.01. The van der Waals surface area contributed by atoms with E-state index in [2.05, 4.69) is 0 Å². The molecule has 2 rings (SSSR count). The lowest BCUT2D eigenvalue weighted by molar-refractivity contribution is 0.273. The Balaban J connectivity index is 2.33. The van der Waals surface area contributed by atoms with E-state index >= 15 is 0 Å². The van der Waals surface area contributed by atoms with Gasteiger partial charge in [0.15, 0.2) is 0 Å². The second-order valence-corrected chi connectivity index (χ2v) is 7.82. The van der Waals surface area contributed by atoms with Gasteiger partial charge in [-0.3, -0.25) is 0 Å². The third kappa shape index (κ3) is 2.95. The number of aliphatic hydroxyl groups is 1. The summed E-state index contributed by atoms with van der Waals surface area (Å²) in [6.45, 7) is -0.254. The number of ether oxygens (including phenoxy) is 1. The number of nitrogens with zero attached hydrogens (tertiary/aromatic N) is 1. The van der Waals surface area contributed by atoms with E-state index in [-0.39, 0.29) is 17.5 Å². The van der Waals surface area contributed by atoms with Crippen LogP contribution in [0.15, 0.2) is 23.1 Å². The first-order valence-corrected chi connectivity index (χ1v) is 8.93. The monoisotopic (exact) mass is 317 g/mol. The topological polar surface area (TPSA) is 66.8 Å². The lowest BCUT2D eigenvalue weighted by Gasteiger charge is -2.23. The molecule has 5 nitrogen and oxygen atoms in total. The maximum absolute atomic E-state index is 12.6. The number of thioether (sulfide) groups is 1. The molecule has 0 radical (unpaired) electrons. The Morgan fingerprint density at radius 2 is 2.25 bits per heavy atom. The van der Waals surface area contributed by atoms with Crippen LogP contribution in [0.1, 0.15) is 12.0 Å². The van der Waals surface area contributed by atoms with Gasteiger partial charge in [0.2, 0.25) is 10.0 Å². The van der Waals surface area contributed by atoms with Gasteiger partial charge in [0.05, 0.1) is 18.6 Å². The van der Waals surface area contributed by atoms with Crippen molar-refractivity contribution >= 4 is 21.8 Å². The molecule has 0 amide bonds. The number of hydrogen-bond donors (Lipinski definition) is 1. The van der Waals surface area contributed by atoms with Gasteiger partial charge in [0.1, 0.15) is 5.75 Å².